The number of aromatic nitrogens is 7. The van der Waals surface area contributed by atoms with Crippen LogP contribution in [-0.4, -0.2) is 121 Å². The van der Waals surface area contributed by atoms with Crippen LogP contribution in [0.15, 0.2) is 109 Å². The highest BCUT2D eigenvalue weighted by atomic mass is 35.5. The molecule has 25 heteroatoms. The quantitative estimate of drug-likeness (QED) is 0.0564. The number of piperazine rings is 1. The molecule has 2 fully saturated rings. The molecule has 2 saturated heterocycles. The number of amides is 1. The lowest BCUT2D eigenvalue weighted by atomic mass is 9.87. The molecule has 1 amide bonds. The van der Waals surface area contributed by atoms with Crippen molar-refractivity contribution in [1.29, 1.82) is 0 Å². The number of aliphatic hydroxyl groups excluding tert-OH is 1. The highest BCUT2D eigenvalue weighted by molar-refractivity contribution is 5.86. The van der Waals surface area contributed by atoms with Crippen molar-refractivity contribution in [3.05, 3.63) is 137 Å². The molecular weight excluding hydrogens is 1030 g/mol. The Bertz CT molecular complexity index is 2990. The van der Waals surface area contributed by atoms with E-state index in [-0.39, 0.29) is 81.1 Å². The Morgan fingerprint density at radius 1 is 0.961 bits per heavy atom. The molecule has 3 N–H and O–H groups in total. The smallest absolute Gasteiger partial charge is 0.418 e. The van der Waals surface area contributed by atoms with E-state index in [1.807, 2.05) is 55.5 Å². The number of rotatable bonds is 20. The Morgan fingerprint density at radius 2 is 1.61 bits per heavy atom. The zero-order valence-electron chi connectivity index (χ0n) is 42.8. The van der Waals surface area contributed by atoms with E-state index in [0.717, 1.165) is 48.5 Å². The molecule has 1 unspecified atom stereocenters. The molecule has 8 rings (SSSR count). The van der Waals surface area contributed by atoms with Crippen molar-refractivity contribution < 1.29 is 79.2 Å². The van der Waals surface area contributed by atoms with E-state index in [1.54, 1.807) is 32.3 Å². The fraction of sp³-hybridized carbons (Fsp3) is 0.404. The van der Waals surface area contributed by atoms with Gasteiger partial charge < -0.3 is 56.5 Å². The van der Waals surface area contributed by atoms with Gasteiger partial charge in [0.1, 0.15) is 48.3 Å². The zero-order chi connectivity index (χ0) is 54.5. The number of carboxylic acids is 1. The minimum absolute atomic E-state index is 0. The summed E-state index contributed by atoms with van der Waals surface area (Å²) in [6.45, 7) is 8.39. The van der Waals surface area contributed by atoms with Gasteiger partial charge >= 0.3 is 23.7 Å². The molecule has 6 aromatic rings. The Balaban J connectivity index is 0.00000235. The molecule has 0 radical (unpaired) electrons. The number of hydrogen-bond donors (Lipinski definition) is 3. The van der Waals surface area contributed by atoms with Gasteiger partial charge in [0.05, 0.1) is 43.9 Å². The van der Waals surface area contributed by atoms with Crippen LogP contribution in [-0.2, 0) is 47.3 Å². The van der Waals surface area contributed by atoms with Crippen LogP contribution in [0, 0.1) is 17.6 Å². The van der Waals surface area contributed by atoms with Crippen molar-refractivity contribution >= 4 is 41.7 Å². The molecule has 22 nitrogen and oxygen atoms in total. The number of nitrogens with zero attached hydrogens (tertiary/aromatic N) is 10. The van der Waals surface area contributed by atoms with Crippen molar-refractivity contribution in [3.8, 4) is 11.4 Å². The molecule has 0 spiro atoms. The summed E-state index contributed by atoms with van der Waals surface area (Å²) in [4.78, 5) is 67.7. The first-order chi connectivity index (χ1) is 36.5. The number of carbonyl (C=O) groups excluding carboxylic acids is 2. The number of carboxylic acid groups (broad SMARTS) is 2. The number of ether oxygens (including phenoxy) is 4. The van der Waals surface area contributed by atoms with E-state index < -0.39 is 53.6 Å². The van der Waals surface area contributed by atoms with E-state index in [0.29, 0.717) is 29.8 Å². The molecule has 3 aromatic carbocycles. The molecular formula is C52H61ClF2N10O12. The number of halogens is 3. The molecule has 412 valence electrons. The number of esters is 1. The van der Waals surface area contributed by atoms with Gasteiger partial charge in [0.25, 0.3) is 12.8 Å². The molecule has 5 atom stereocenters. The lowest BCUT2D eigenvalue weighted by Gasteiger charge is -2.37. The Labute approximate surface area is 448 Å². The first-order valence-corrected chi connectivity index (χ1v) is 24.6. The molecule has 0 saturated carbocycles. The second kappa shape index (κ2) is 26.7. The van der Waals surface area contributed by atoms with Crippen LogP contribution in [0.25, 0.3) is 5.69 Å². The number of carbonyl (C=O) groups is 4. The maximum atomic E-state index is 15.6. The second-order valence-electron chi connectivity index (χ2n) is 18.3. The monoisotopic (exact) mass is 1090 g/mol. The van der Waals surface area contributed by atoms with Gasteiger partial charge in [0, 0.05) is 85.9 Å². The van der Waals surface area contributed by atoms with E-state index in [1.165, 1.54) is 56.5 Å². The van der Waals surface area contributed by atoms with Crippen LogP contribution in [0.4, 0.5) is 30.8 Å². The highest BCUT2D eigenvalue weighted by Crippen LogP contribution is 2.42. The number of hydrogen-bond acceptors (Lipinski definition) is 15. The summed E-state index contributed by atoms with van der Waals surface area (Å²) >= 11 is 0. The Hall–Kier alpha value is -7.96. The van der Waals surface area contributed by atoms with Crippen LogP contribution in [0.3, 0.4) is 0 Å². The molecule has 2 aliphatic rings. The van der Waals surface area contributed by atoms with Crippen LogP contribution >= 0.6 is 0 Å². The highest BCUT2D eigenvalue weighted by Gasteiger charge is 2.46. The summed E-state index contributed by atoms with van der Waals surface area (Å²) in [6.07, 6.45) is 3.82. The maximum Gasteiger partial charge on any atom is 0.418 e. The predicted molar refractivity (Wildman–Crippen MR) is 269 cm³/mol. The van der Waals surface area contributed by atoms with Crippen LogP contribution < -0.4 is 42.1 Å². The van der Waals surface area contributed by atoms with Crippen molar-refractivity contribution in [3.63, 3.8) is 0 Å². The van der Waals surface area contributed by atoms with Gasteiger partial charge in [-0.2, -0.15) is 9.67 Å². The Kier molecular flexibility index (Phi) is 20.2. The number of anilines is 3. The average Bonchev–Trinajstić information content (AvgIpc) is 4.18. The lowest BCUT2D eigenvalue weighted by Crippen LogP contribution is -3.00. The van der Waals surface area contributed by atoms with E-state index in [4.69, 9.17) is 34.0 Å². The van der Waals surface area contributed by atoms with Crippen molar-refractivity contribution in [1.82, 2.24) is 29.1 Å². The third-order valence-corrected chi connectivity index (χ3v) is 13.2. The fourth-order valence-electron chi connectivity index (χ4n) is 9.19. The van der Waals surface area contributed by atoms with Gasteiger partial charge in [-0.3, -0.25) is 19.3 Å². The third-order valence-electron chi connectivity index (χ3n) is 13.2. The second-order valence-corrected chi connectivity index (χ2v) is 18.3. The van der Waals surface area contributed by atoms with Crippen LogP contribution in [0.5, 0.6) is 5.75 Å². The fourth-order valence-corrected chi connectivity index (χ4v) is 9.19. The van der Waals surface area contributed by atoms with Gasteiger partial charge in [-0.15, -0.1) is 4.68 Å². The summed E-state index contributed by atoms with van der Waals surface area (Å²) in [5.41, 5.74) is 1.81. The summed E-state index contributed by atoms with van der Waals surface area (Å²) in [6, 6.07) is 21.9. The first-order valence-electron chi connectivity index (χ1n) is 24.6. The molecule has 2 aliphatic heterocycles. The summed E-state index contributed by atoms with van der Waals surface area (Å²) in [7, 11) is 1.44. The average molecular weight is 1090 g/mol. The molecule has 0 bridgehead atoms. The van der Waals surface area contributed by atoms with E-state index in [2.05, 4.69) is 25.0 Å². The first kappa shape index (κ1) is 58.3. The number of benzene rings is 3. The largest absolute Gasteiger partial charge is 1.00 e. The van der Waals surface area contributed by atoms with Gasteiger partial charge in [0.15, 0.2) is 0 Å². The van der Waals surface area contributed by atoms with Gasteiger partial charge in [-0.1, -0.05) is 19.1 Å². The summed E-state index contributed by atoms with van der Waals surface area (Å²) < 4.78 is 59.3. The Morgan fingerprint density at radius 3 is 2.23 bits per heavy atom. The molecule has 0 aliphatic carbocycles. The number of aliphatic hydroxyl groups is 1. The molecule has 77 heavy (non-hydrogen) atoms. The van der Waals surface area contributed by atoms with Crippen LogP contribution in [0.1, 0.15) is 69.9 Å². The van der Waals surface area contributed by atoms with Crippen molar-refractivity contribution in [2.24, 2.45) is 5.92 Å². The molecule has 3 aromatic heterocycles. The zero-order valence-corrected chi connectivity index (χ0v) is 43.6. The number of aliphatic carboxylic acids is 1. The van der Waals surface area contributed by atoms with Crippen molar-refractivity contribution in [2.75, 3.05) is 61.1 Å². The van der Waals surface area contributed by atoms with E-state index >= 15 is 4.39 Å². The predicted octanol–water partition coefficient (Wildman–Crippen LogP) is 2.27. The van der Waals surface area contributed by atoms with Gasteiger partial charge in [-0.25, -0.2) is 32.6 Å². The SMILES string of the molecule is CC[C@@H]([C@H](C)O)n1ncn(-c2ccc(N3CCN(c4ccc(OC[C@@H]5CO[C@@](Cn6c[n+](C(C)OC(=O)N(C)c7ncccc7COC(=O)CCC(=O)O)cn6)(c6ccc(F)cc6F)C5)cc4)CC3)cc2)c1=O.O=CO.[Cl-]. The lowest BCUT2D eigenvalue weighted by molar-refractivity contribution is -0.753. The summed E-state index contributed by atoms with van der Waals surface area (Å²) in [5.74, 6) is -2.67. The topological polar surface area (TPSA) is 250 Å². The van der Waals surface area contributed by atoms with Gasteiger partial charge in [-0.05, 0) is 80.4 Å². The molecule has 5 heterocycles. The third kappa shape index (κ3) is 14.5. The summed E-state index contributed by atoms with van der Waals surface area (Å²) in [5, 5.41) is 34.6. The van der Waals surface area contributed by atoms with E-state index in [9.17, 15) is 28.7 Å². The normalized spacial score (nSPS) is 17.2. The standard InChI is InChI=1S/C51H58F2N10O10.CH2O2.ClH/c1-5-45(34(2)64)63-49(68)62(32-56-63)41-11-9-39(10-12-41)58-21-23-59(24-22-58)40-13-15-42(16-14-40)70-27-36-26-51(72-28-36,43-17-8-38(52)25-44(43)53)30-61-33-60(31-55-61)35(3)73-50(69)57(4)48-37(7-6-20-54-48)29-71-47(67)19-18-46(65)66;2-1-3;/h6-17,20,25,31-36,45,64H,5,18-19,21-24,26-30H2,1-4H3;1H,(H,2,3);1H/t34-,35?,36+,45-,51-;;/m0../s1. The van der Waals surface area contributed by atoms with Gasteiger partial charge in [0.2, 0.25) is 12.6 Å². The van der Waals surface area contributed by atoms with Crippen molar-refractivity contribution in [2.45, 2.75) is 83.6 Å². The van der Waals surface area contributed by atoms with Crippen LogP contribution in [0.2, 0.25) is 0 Å². The minimum atomic E-state index is -1.25. The minimum Gasteiger partial charge on any atom is -1.00 e. The number of pyridine rings is 1. The maximum absolute atomic E-state index is 15.6.